The second-order valence-corrected chi connectivity index (χ2v) is 5.99. The van der Waals surface area contributed by atoms with E-state index in [-0.39, 0.29) is 11.6 Å². The molecule has 0 fully saturated rings. The largest absolute Gasteiger partial charge is 0.346 e. The smallest absolute Gasteiger partial charge is 0.273 e. The van der Waals surface area contributed by atoms with Crippen molar-refractivity contribution in [3.05, 3.63) is 64.2 Å². The Hall–Kier alpha value is -2.60. The van der Waals surface area contributed by atoms with Gasteiger partial charge in [0.2, 0.25) is 0 Å². The average Bonchev–Trinajstić information content (AvgIpc) is 3.05. The van der Waals surface area contributed by atoms with E-state index < -0.39 is 0 Å². The second kappa shape index (κ2) is 6.49. The van der Waals surface area contributed by atoms with E-state index in [1.165, 1.54) is 4.68 Å². The summed E-state index contributed by atoms with van der Waals surface area (Å²) in [5.41, 5.74) is 4.07. The molecule has 0 radical (unpaired) electrons. The number of benzene rings is 1. The molecule has 124 valence electrons. The lowest BCUT2D eigenvalue weighted by molar-refractivity contribution is 0.0945. The third kappa shape index (κ3) is 3.05. The molecule has 1 amide bonds. The fourth-order valence-corrected chi connectivity index (χ4v) is 2.88. The SMILES string of the molecule is Cc1nn(-c2ccccc2)c(C)c1CNC(=O)c1nn(C)cc1Cl. The van der Waals surface area contributed by atoms with Gasteiger partial charge in [0, 0.05) is 31.0 Å². The van der Waals surface area contributed by atoms with Crippen LogP contribution < -0.4 is 5.32 Å². The fraction of sp³-hybridized carbons (Fsp3) is 0.235. The molecule has 0 bridgehead atoms. The molecule has 2 heterocycles. The zero-order chi connectivity index (χ0) is 17.3. The van der Waals surface area contributed by atoms with Crippen LogP contribution in [0.25, 0.3) is 5.69 Å². The normalized spacial score (nSPS) is 10.8. The molecule has 0 aliphatic heterocycles. The van der Waals surface area contributed by atoms with Crippen molar-refractivity contribution in [3.8, 4) is 5.69 Å². The molecular weight excluding hydrogens is 326 g/mol. The van der Waals surface area contributed by atoms with Crippen molar-refractivity contribution in [1.29, 1.82) is 0 Å². The molecule has 6 nitrogen and oxygen atoms in total. The Kier molecular flexibility index (Phi) is 4.40. The Labute approximate surface area is 145 Å². The van der Waals surface area contributed by atoms with Gasteiger partial charge in [-0.1, -0.05) is 29.8 Å². The number of aromatic nitrogens is 4. The molecule has 3 aromatic rings. The summed E-state index contributed by atoms with van der Waals surface area (Å²) in [6, 6.07) is 9.89. The van der Waals surface area contributed by atoms with Crippen LogP contribution in [0.5, 0.6) is 0 Å². The number of hydrogen-bond donors (Lipinski definition) is 1. The second-order valence-electron chi connectivity index (χ2n) is 5.58. The van der Waals surface area contributed by atoms with Gasteiger partial charge in [0.05, 0.1) is 16.4 Å². The van der Waals surface area contributed by atoms with Crippen LogP contribution in [0.15, 0.2) is 36.5 Å². The molecule has 1 N–H and O–H groups in total. The van der Waals surface area contributed by atoms with Crippen LogP contribution in [-0.4, -0.2) is 25.5 Å². The Bertz CT molecular complexity index is 882. The fourth-order valence-electron chi connectivity index (χ4n) is 2.62. The minimum absolute atomic E-state index is 0.227. The number of para-hydroxylation sites is 1. The highest BCUT2D eigenvalue weighted by molar-refractivity contribution is 6.33. The number of rotatable bonds is 4. The van der Waals surface area contributed by atoms with Crippen LogP contribution in [0.4, 0.5) is 0 Å². The van der Waals surface area contributed by atoms with E-state index in [0.29, 0.717) is 11.6 Å². The number of halogens is 1. The molecule has 2 aromatic heterocycles. The van der Waals surface area contributed by atoms with Gasteiger partial charge in [0.25, 0.3) is 5.91 Å². The van der Waals surface area contributed by atoms with E-state index in [9.17, 15) is 4.79 Å². The van der Waals surface area contributed by atoms with Gasteiger partial charge < -0.3 is 5.32 Å². The topological polar surface area (TPSA) is 64.7 Å². The molecule has 0 atom stereocenters. The Balaban J connectivity index is 1.80. The number of nitrogens with zero attached hydrogens (tertiary/aromatic N) is 4. The van der Waals surface area contributed by atoms with Crippen LogP contribution in [0, 0.1) is 13.8 Å². The number of carbonyl (C=O) groups is 1. The number of hydrogen-bond acceptors (Lipinski definition) is 3. The van der Waals surface area contributed by atoms with E-state index in [0.717, 1.165) is 22.6 Å². The minimum atomic E-state index is -0.299. The van der Waals surface area contributed by atoms with Crippen molar-refractivity contribution in [3.63, 3.8) is 0 Å². The first-order valence-corrected chi connectivity index (χ1v) is 7.93. The van der Waals surface area contributed by atoms with Gasteiger partial charge in [-0.15, -0.1) is 0 Å². The number of carbonyl (C=O) groups excluding carboxylic acids is 1. The summed E-state index contributed by atoms with van der Waals surface area (Å²) >= 11 is 6.01. The molecule has 1 aromatic carbocycles. The van der Waals surface area contributed by atoms with E-state index in [2.05, 4.69) is 15.5 Å². The Morgan fingerprint density at radius 2 is 1.92 bits per heavy atom. The van der Waals surface area contributed by atoms with Crippen molar-refractivity contribution in [1.82, 2.24) is 24.9 Å². The van der Waals surface area contributed by atoms with Crippen LogP contribution in [0.1, 0.15) is 27.4 Å². The lowest BCUT2D eigenvalue weighted by Crippen LogP contribution is -2.24. The van der Waals surface area contributed by atoms with Crippen molar-refractivity contribution >= 4 is 17.5 Å². The third-order valence-electron chi connectivity index (χ3n) is 3.87. The quantitative estimate of drug-likeness (QED) is 0.792. The molecule has 0 saturated heterocycles. The van der Waals surface area contributed by atoms with Crippen molar-refractivity contribution < 1.29 is 4.79 Å². The zero-order valence-corrected chi connectivity index (χ0v) is 14.5. The van der Waals surface area contributed by atoms with Crippen molar-refractivity contribution in [2.75, 3.05) is 0 Å². The van der Waals surface area contributed by atoms with Gasteiger partial charge in [-0.05, 0) is 26.0 Å². The van der Waals surface area contributed by atoms with Crippen LogP contribution >= 0.6 is 11.6 Å². The summed E-state index contributed by atoms with van der Waals surface area (Å²) in [7, 11) is 1.72. The molecule has 0 spiro atoms. The van der Waals surface area contributed by atoms with Crippen LogP contribution in [0.2, 0.25) is 5.02 Å². The van der Waals surface area contributed by atoms with Gasteiger partial charge in [0.15, 0.2) is 5.69 Å². The first-order valence-electron chi connectivity index (χ1n) is 7.55. The van der Waals surface area contributed by atoms with Gasteiger partial charge in [-0.3, -0.25) is 9.48 Å². The number of amides is 1. The van der Waals surface area contributed by atoms with Gasteiger partial charge in [0.1, 0.15) is 0 Å². The van der Waals surface area contributed by atoms with E-state index in [4.69, 9.17) is 11.6 Å². The summed E-state index contributed by atoms with van der Waals surface area (Å²) in [4.78, 5) is 12.3. The molecule has 0 unspecified atom stereocenters. The van der Waals surface area contributed by atoms with Crippen LogP contribution in [-0.2, 0) is 13.6 Å². The predicted octanol–water partition coefficient (Wildman–Crippen LogP) is 2.81. The first-order chi connectivity index (χ1) is 11.5. The predicted molar refractivity (Wildman–Crippen MR) is 92.4 cm³/mol. The van der Waals surface area contributed by atoms with Crippen LogP contribution in [0.3, 0.4) is 0 Å². The molecular formula is C17H18ClN5O. The summed E-state index contributed by atoms with van der Waals surface area (Å²) in [5.74, 6) is -0.299. The maximum absolute atomic E-state index is 12.3. The first kappa shape index (κ1) is 16.3. The summed E-state index contributed by atoms with van der Waals surface area (Å²) < 4.78 is 3.39. The summed E-state index contributed by atoms with van der Waals surface area (Å²) in [6.07, 6.45) is 1.60. The minimum Gasteiger partial charge on any atom is -0.346 e. The Morgan fingerprint density at radius 3 is 2.54 bits per heavy atom. The molecule has 0 aliphatic carbocycles. The highest BCUT2D eigenvalue weighted by atomic mass is 35.5. The molecule has 3 rings (SSSR count). The molecule has 0 aliphatic rings. The lowest BCUT2D eigenvalue weighted by atomic mass is 10.2. The number of nitrogens with one attached hydrogen (secondary N) is 1. The molecule has 24 heavy (non-hydrogen) atoms. The zero-order valence-electron chi connectivity index (χ0n) is 13.7. The van der Waals surface area contributed by atoms with Gasteiger partial charge in [-0.2, -0.15) is 10.2 Å². The highest BCUT2D eigenvalue weighted by Crippen LogP contribution is 2.18. The third-order valence-corrected chi connectivity index (χ3v) is 4.14. The summed E-state index contributed by atoms with van der Waals surface area (Å²) in [6.45, 7) is 4.29. The van der Waals surface area contributed by atoms with Gasteiger partial charge in [-0.25, -0.2) is 4.68 Å². The van der Waals surface area contributed by atoms with Gasteiger partial charge >= 0.3 is 0 Å². The summed E-state index contributed by atoms with van der Waals surface area (Å²) in [5, 5.41) is 11.8. The van der Waals surface area contributed by atoms with Crippen molar-refractivity contribution in [2.24, 2.45) is 7.05 Å². The van der Waals surface area contributed by atoms with E-state index in [1.54, 1.807) is 13.2 Å². The highest BCUT2D eigenvalue weighted by Gasteiger charge is 2.17. The maximum atomic E-state index is 12.3. The molecule has 7 heteroatoms. The van der Waals surface area contributed by atoms with E-state index in [1.807, 2.05) is 48.9 Å². The monoisotopic (exact) mass is 343 g/mol. The lowest BCUT2D eigenvalue weighted by Gasteiger charge is -2.06. The molecule has 0 saturated carbocycles. The average molecular weight is 344 g/mol. The number of aryl methyl sites for hydroxylation is 2. The maximum Gasteiger partial charge on any atom is 0.273 e. The standard InChI is InChI=1S/C17H18ClN5O/c1-11-14(9-19-17(24)16-15(18)10-22(3)21-16)12(2)23(20-11)13-7-5-4-6-8-13/h4-8,10H,9H2,1-3H3,(H,19,24). The van der Waals surface area contributed by atoms with Crippen molar-refractivity contribution in [2.45, 2.75) is 20.4 Å². The van der Waals surface area contributed by atoms with E-state index >= 15 is 0 Å². The Morgan fingerprint density at radius 1 is 1.21 bits per heavy atom.